The average Bonchev–Trinajstić information content (AvgIpc) is 2.41. The number of hydrogen-bond donors (Lipinski definition) is 0. The summed E-state index contributed by atoms with van der Waals surface area (Å²) < 4.78 is 6.38. The summed E-state index contributed by atoms with van der Waals surface area (Å²) in [7, 11) is 1.68. The zero-order valence-corrected chi connectivity index (χ0v) is 11.2. The van der Waals surface area contributed by atoms with Gasteiger partial charge in [0.1, 0.15) is 0 Å². The first-order chi connectivity index (χ1) is 8.38. The SMILES string of the molecule is COc1ccc([Se]C#Cc2ccccc2)cc1. The molecule has 0 fully saturated rings. The molecule has 1 nitrogen and oxygen atoms in total. The summed E-state index contributed by atoms with van der Waals surface area (Å²) in [5, 5.41) is 0. The van der Waals surface area contributed by atoms with Gasteiger partial charge in [0.2, 0.25) is 0 Å². The summed E-state index contributed by atoms with van der Waals surface area (Å²) in [6.07, 6.45) is 0. The molecule has 2 heteroatoms. The van der Waals surface area contributed by atoms with Gasteiger partial charge in [-0.3, -0.25) is 0 Å². The third-order valence-electron chi connectivity index (χ3n) is 2.20. The van der Waals surface area contributed by atoms with E-state index >= 15 is 0 Å². The van der Waals surface area contributed by atoms with Crippen LogP contribution in [0.5, 0.6) is 5.75 Å². The van der Waals surface area contributed by atoms with Crippen molar-refractivity contribution in [3.63, 3.8) is 0 Å². The number of benzene rings is 2. The fourth-order valence-electron chi connectivity index (χ4n) is 1.31. The van der Waals surface area contributed by atoms with E-state index in [0.717, 1.165) is 11.3 Å². The first-order valence-corrected chi connectivity index (χ1v) is 6.97. The topological polar surface area (TPSA) is 9.23 Å². The van der Waals surface area contributed by atoms with E-state index in [1.54, 1.807) is 7.11 Å². The third kappa shape index (κ3) is 3.67. The fraction of sp³-hybridized carbons (Fsp3) is 0.0667. The number of hydrogen-bond acceptors (Lipinski definition) is 1. The van der Waals surface area contributed by atoms with Gasteiger partial charge in [-0.05, 0) is 0 Å². The van der Waals surface area contributed by atoms with E-state index in [1.807, 2.05) is 42.5 Å². The average molecular weight is 287 g/mol. The van der Waals surface area contributed by atoms with Crippen molar-refractivity contribution < 1.29 is 4.74 Å². The van der Waals surface area contributed by atoms with Crippen molar-refractivity contribution in [3.8, 4) is 16.5 Å². The van der Waals surface area contributed by atoms with Gasteiger partial charge in [0, 0.05) is 0 Å². The molecule has 2 rings (SSSR count). The molecule has 2 aromatic rings. The van der Waals surface area contributed by atoms with Gasteiger partial charge in [0.25, 0.3) is 0 Å². The molecule has 84 valence electrons. The van der Waals surface area contributed by atoms with Crippen molar-refractivity contribution in [2.24, 2.45) is 0 Å². The van der Waals surface area contributed by atoms with Gasteiger partial charge < -0.3 is 0 Å². The van der Waals surface area contributed by atoms with Crippen molar-refractivity contribution in [2.75, 3.05) is 7.11 Å². The summed E-state index contributed by atoms with van der Waals surface area (Å²) in [5.41, 5.74) is 1.07. The molecule has 0 spiro atoms. The van der Waals surface area contributed by atoms with E-state index in [-0.39, 0.29) is 15.0 Å². The monoisotopic (exact) mass is 288 g/mol. The summed E-state index contributed by atoms with van der Waals surface area (Å²) in [4.78, 5) is 3.23. The molecule has 0 radical (unpaired) electrons. The van der Waals surface area contributed by atoms with Crippen LogP contribution in [0.2, 0.25) is 0 Å². The molecular formula is C15H12OSe. The van der Waals surface area contributed by atoms with Crippen LogP contribution in [0.3, 0.4) is 0 Å². The molecule has 0 saturated heterocycles. The molecule has 0 aliphatic rings. The third-order valence-corrected chi connectivity index (χ3v) is 3.69. The molecule has 0 aromatic heterocycles. The standard InChI is InChI=1S/C15H12OSe/c1-16-14-7-9-15(10-8-14)17-12-11-13-5-3-2-4-6-13/h2-10H,1H3. The van der Waals surface area contributed by atoms with Crippen molar-refractivity contribution in [2.45, 2.75) is 0 Å². The van der Waals surface area contributed by atoms with E-state index in [9.17, 15) is 0 Å². The molecule has 17 heavy (non-hydrogen) atoms. The molecule has 0 aliphatic carbocycles. The molecule has 0 amide bonds. The Bertz CT molecular complexity index is 520. The Morgan fingerprint density at radius 2 is 1.65 bits per heavy atom. The normalized spacial score (nSPS) is 9.24. The second-order valence-corrected chi connectivity index (χ2v) is 5.22. The summed E-state index contributed by atoms with van der Waals surface area (Å²) in [5.74, 6) is 4.06. The fourth-order valence-corrected chi connectivity index (χ4v) is 2.48. The number of methoxy groups -OCH3 is 1. The van der Waals surface area contributed by atoms with Gasteiger partial charge in [0.15, 0.2) is 0 Å². The first-order valence-electron chi connectivity index (χ1n) is 5.25. The van der Waals surface area contributed by atoms with Crippen LogP contribution in [0.25, 0.3) is 0 Å². The van der Waals surface area contributed by atoms with Crippen molar-refractivity contribution in [1.82, 2.24) is 0 Å². The quantitative estimate of drug-likeness (QED) is 0.606. The minimum absolute atomic E-state index is 0.197. The van der Waals surface area contributed by atoms with E-state index in [1.165, 1.54) is 4.46 Å². The first kappa shape index (κ1) is 11.8. The van der Waals surface area contributed by atoms with Crippen LogP contribution < -0.4 is 9.20 Å². The van der Waals surface area contributed by atoms with Gasteiger partial charge in [-0.25, -0.2) is 0 Å². The molecule has 0 N–H and O–H groups in total. The molecule has 0 aliphatic heterocycles. The Balaban J connectivity index is 2.00. The molecule has 0 saturated carbocycles. The van der Waals surface area contributed by atoms with E-state index < -0.39 is 0 Å². The van der Waals surface area contributed by atoms with Gasteiger partial charge in [-0.2, -0.15) is 0 Å². The van der Waals surface area contributed by atoms with Crippen LogP contribution in [-0.4, -0.2) is 22.1 Å². The van der Waals surface area contributed by atoms with Crippen molar-refractivity contribution in [3.05, 3.63) is 60.2 Å². The Labute approximate surface area is 108 Å². The Morgan fingerprint density at radius 1 is 0.941 bits per heavy atom. The summed E-state index contributed by atoms with van der Waals surface area (Å²) in [6, 6.07) is 18.1. The second-order valence-electron chi connectivity index (χ2n) is 3.37. The minimum atomic E-state index is 0.197. The van der Waals surface area contributed by atoms with Crippen LogP contribution in [0.15, 0.2) is 54.6 Å². The zero-order valence-electron chi connectivity index (χ0n) is 9.51. The Morgan fingerprint density at radius 3 is 2.29 bits per heavy atom. The van der Waals surface area contributed by atoms with Gasteiger partial charge in [-0.15, -0.1) is 0 Å². The van der Waals surface area contributed by atoms with Crippen molar-refractivity contribution in [1.29, 1.82) is 0 Å². The van der Waals surface area contributed by atoms with Gasteiger partial charge >= 0.3 is 108 Å². The molecule has 0 bridgehead atoms. The van der Waals surface area contributed by atoms with E-state index in [4.69, 9.17) is 4.74 Å². The number of ether oxygens (including phenoxy) is 1. The van der Waals surface area contributed by atoms with E-state index in [0.29, 0.717) is 0 Å². The Hall–Kier alpha value is -1.68. The molecule has 0 unspecified atom stereocenters. The van der Waals surface area contributed by atoms with Crippen molar-refractivity contribution >= 4 is 19.4 Å². The van der Waals surface area contributed by atoms with Crippen LogP contribution in [0.1, 0.15) is 5.56 Å². The Kier molecular flexibility index (Phi) is 4.27. The predicted molar refractivity (Wildman–Crippen MR) is 71.7 cm³/mol. The zero-order chi connectivity index (χ0) is 11.9. The second kappa shape index (κ2) is 6.15. The summed E-state index contributed by atoms with van der Waals surface area (Å²) >= 11 is 0.197. The molecule has 0 atom stereocenters. The van der Waals surface area contributed by atoms with Crippen LogP contribution in [0.4, 0.5) is 0 Å². The van der Waals surface area contributed by atoms with Crippen LogP contribution >= 0.6 is 0 Å². The van der Waals surface area contributed by atoms with Crippen LogP contribution in [-0.2, 0) is 0 Å². The number of rotatable bonds is 2. The maximum atomic E-state index is 5.11. The summed E-state index contributed by atoms with van der Waals surface area (Å²) in [6.45, 7) is 0. The molecule has 0 heterocycles. The maximum absolute atomic E-state index is 5.11. The van der Waals surface area contributed by atoms with Gasteiger partial charge in [-0.1, -0.05) is 0 Å². The molecule has 2 aromatic carbocycles. The predicted octanol–water partition coefficient (Wildman–Crippen LogP) is 2.03. The molecular weight excluding hydrogens is 275 g/mol. The van der Waals surface area contributed by atoms with Gasteiger partial charge in [0.05, 0.1) is 0 Å². The van der Waals surface area contributed by atoms with Crippen LogP contribution in [0, 0.1) is 10.7 Å². The van der Waals surface area contributed by atoms with E-state index in [2.05, 4.69) is 22.9 Å².